The monoisotopic (exact) mass is 272 g/mol. The summed E-state index contributed by atoms with van der Waals surface area (Å²) >= 11 is 5.78. The molecule has 0 heterocycles. The Balaban J connectivity index is 3.29. The van der Waals surface area contributed by atoms with Crippen molar-refractivity contribution in [3.63, 3.8) is 0 Å². The summed E-state index contributed by atoms with van der Waals surface area (Å²) < 4.78 is 4.71. The molecule has 96 valence electrons. The van der Waals surface area contributed by atoms with Crippen LogP contribution in [0.4, 0.5) is 11.4 Å². The predicted octanol–water partition coefficient (Wildman–Crippen LogP) is 2.13. The quantitative estimate of drug-likeness (QED) is 0.393. The van der Waals surface area contributed by atoms with Gasteiger partial charge in [0, 0.05) is 13.8 Å². The maximum Gasteiger partial charge on any atom is 0.308 e. The summed E-state index contributed by atoms with van der Waals surface area (Å²) in [6.45, 7) is 2.35. The molecule has 1 aromatic rings. The Labute approximate surface area is 107 Å². The van der Waals surface area contributed by atoms with E-state index in [2.05, 4.69) is 5.32 Å². The number of anilines is 1. The average Bonchev–Trinajstić information content (AvgIpc) is 2.19. The van der Waals surface area contributed by atoms with E-state index in [1.54, 1.807) is 0 Å². The van der Waals surface area contributed by atoms with Gasteiger partial charge in [-0.2, -0.15) is 0 Å². The van der Waals surface area contributed by atoms with Crippen molar-refractivity contribution in [2.45, 2.75) is 13.8 Å². The summed E-state index contributed by atoms with van der Waals surface area (Å²) in [6, 6.07) is 2.13. The number of nitrogens with one attached hydrogen (secondary N) is 1. The first-order valence-electron chi connectivity index (χ1n) is 4.75. The Kier molecular flexibility index (Phi) is 4.22. The fourth-order valence-corrected chi connectivity index (χ4v) is 1.42. The lowest BCUT2D eigenvalue weighted by Crippen LogP contribution is -2.09. The predicted molar refractivity (Wildman–Crippen MR) is 63.7 cm³/mol. The van der Waals surface area contributed by atoms with E-state index in [9.17, 15) is 19.7 Å². The number of hydrogen-bond acceptors (Lipinski definition) is 5. The minimum atomic E-state index is -0.714. The van der Waals surface area contributed by atoms with Crippen molar-refractivity contribution >= 4 is 34.9 Å². The molecule has 0 aromatic heterocycles. The molecular formula is C10H9ClN2O5. The topological polar surface area (TPSA) is 98.5 Å². The van der Waals surface area contributed by atoms with Crippen molar-refractivity contribution < 1.29 is 19.2 Å². The number of nitro benzene ring substituents is 1. The standard InChI is InChI=1S/C10H9ClN2O5/c1-5(14)12-8-3-7(11)10(18-6(2)15)4-9(8)13(16)17/h3-4H,1-2H3,(H,12,14). The number of carbonyl (C=O) groups is 2. The van der Waals surface area contributed by atoms with Crippen LogP contribution in [-0.4, -0.2) is 16.8 Å². The van der Waals surface area contributed by atoms with Gasteiger partial charge in [0.1, 0.15) is 5.69 Å². The summed E-state index contributed by atoms with van der Waals surface area (Å²) in [6.07, 6.45) is 0. The van der Waals surface area contributed by atoms with Crippen LogP contribution in [0, 0.1) is 10.1 Å². The molecule has 8 heteroatoms. The highest BCUT2D eigenvalue weighted by molar-refractivity contribution is 6.32. The Hall–Kier alpha value is -2.15. The third kappa shape index (κ3) is 3.42. The van der Waals surface area contributed by atoms with E-state index in [-0.39, 0.29) is 16.5 Å². The average molecular weight is 273 g/mol. The lowest BCUT2D eigenvalue weighted by atomic mass is 10.2. The number of rotatable bonds is 3. The zero-order valence-electron chi connectivity index (χ0n) is 9.52. The number of nitrogens with zero attached hydrogens (tertiary/aromatic N) is 1. The van der Waals surface area contributed by atoms with Crippen molar-refractivity contribution in [3.8, 4) is 5.75 Å². The maximum absolute atomic E-state index is 10.9. The lowest BCUT2D eigenvalue weighted by Gasteiger charge is -2.08. The van der Waals surface area contributed by atoms with Crippen molar-refractivity contribution in [3.05, 3.63) is 27.3 Å². The van der Waals surface area contributed by atoms with Crippen molar-refractivity contribution in [2.24, 2.45) is 0 Å². The second-order valence-corrected chi connectivity index (χ2v) is 3.74. The van der Waals surface area contributed by atoms with Crippen LogP contribution < -0.4 is 10.1 Å². The first-order valence-corrected chi connectivity index (χ1v) is 5.13. The van der Waals surface area contributed by atoms with Gasteiger partial charge in [-0.25, -0.2) is 0 Å². The van der Waals surface area contributed by atoms with Gasteiger partial charge in [-0.15, -0.1) is 0 Å². The number of nitro groups is 1. The molecule has 0 aliphatic heterocycles. The molecule has 0 aliphatic rings. The van der Waals surface area contributed by atoms with E-state index in [4.69, 9.17) is 16.3 Å². The molecule has 0 aliphatic carbocycles. The van der Waals surface area contributed by atoms with Crippen LogP contribution in [0.5, 0.6) is 5.75 Å². The third-order valence-corrected chi connectivity index (χ3v) is 2.11. The minimum absolute atomic E-state index is 0.0143. The second kappa shape index (κ2) is 5.46. The number of carbonyl (C=O) groups excluding carboxylic acids is 2. The van der Waals surface area contributed by atoms with Gasteiger partial charge in [0.05, 0.1) is 16.0 Å². The van der Waals surface area contributed by atoms with Gasteiger partial charge in [0.25, 0.3) is 5.69 Å². The molecule has 0 saturated heterocycles. The SMILES string of the molecule is CC(=O)Nc1cc(Cl)c(OC(C)=O)cc1[N+](=O)[O-]. The molecular weight excluding hydrogens is 264 g/mol. The van der Waals surface area contributed by atoms with Crippen LogP contribution in [0.15, 0.2) is 12.1 Å². The number of hydrogen-bond donors (Lipinski definition) is 1. The molecule has 7 nitrogen and oxygen atoms in total. The summed E-state index contributed by atoms with van der Waals surface area (Å²) in [7, 11) is 0. The van der Waals surface area contributed by atoms with Gasteiger partial charge in [-0.1, -0.05) is 11.6 Å². The zero-order valence-corrected chi connectivity index (χ0v) is 10.3. The highest BCUT2D eigenvalue weighted by Gasteiger charge is 2.20. The molecule has 1 aromatic carbocycles. The molecule has 0 bridgehead atoms. The molecule has 18 heavy (non-hydrogen) atoms. The number of ether oxygens (including phenoxy) is 1. The van der Waals surface area contributed by atoms with Crippen LogP contribution in [0.1, 0.15) is 13.8 Å². The molecule has 1 N–H and O–H groups in total. The van der Waals surface area contributed by atoms with E-state index < -0.39 is 22.5 Å². The number of halogens is 1. The van der Waals surface area contributed by atoms with Gasteiger partial charge in [0.2, 0.25) is 5.91 Å². The first-order chi connectivity index (χ1) is 8.31. The number of amides is 1. The lowest BCUT2D eigenvalue weighted by molar-refractivity contribution is -0.384. The largest absolute Gasteiger partial charge is 0.425 e. The molecule has 0 atom stereocenters. The third-order valence-electron chi connectivity index (χ3n) is 1.81. The van der Waals surface area contributed by atoms with Crippen LogP contribution in [0.2, 0.25) is 5.02 Å². The smallest absolute Gasteiger partial charge is 0.308 e. The summed E-state index contributed by atoms with van der Waals surface area (Å²) in [5.41, 5.74) is -0.473. The Morgan fingerprint density at radius 1 is 1.39 bits per heavy atom. The Morgan fingerprint density at radius 2 is 2.00 bits per heavy atom. The van der Waals surface area contributed by atoms with Gasteiger partial charge in [-0.3, -0.25) is 19.7 Å². The summed E-state index contributed by atoms with van der Waals surface area (Å²) in [5.74, 6) is -1.27. The molecule has 0 radical (unpaired) electrons. The highest BCUT2D eigenvalue weighted by atomic mass is 35.5. The van der Waals surface area contributed by atoms with Crippen molar-refractivity contribution in [2.75, 3.05) is 5.32 Å². The maximum atomic E-state index is 10.9. The first kappa shape index (κ1) is 13.9. The Bertz CT molecular complexity index is 529. The van der Waals surface area contributed by atoms with Gasteiger partial charge in [0.15, 0.2) is 5.75 Å². The van der Waals surface area contributed by atoms with E-state index in [1.165, 1.54) is 6.92 Å². The van der Waals surface area contributed by atoms with Gasteiger partial charge in [-0.05, 0) is 6.07 Å². The van der Waals surface area contributed by atoms with Crippen LogP contribution in [-0.2, 0) is 9.59 Å². The van der Waals surface area contributed by atoms with E-state index in [1.807, 2.05) is 0 Å². The van der Waals surface area contributed by atoms with Crippen molar-refractivity contribution in [1.82, 2.24) is 0 Å². The molecule has 1 rings (SSSR count). The van der Waals surface area contributed by atoms with Crippen molar-refractivity contribution in [1.29, 1.82) is 0 Å². The minimum Gasteiger partial charge on any atom is -0.425 e. The fourth-order valence-electron chi connectivity index (χ4n) is 1.22. The van der Waals surface area contributed by atoms with Gasteiger partial charge >= 0.3 is 5.97 Å². The molecule has 1 amide bonds. The number of esters is 1. The van der Waals surface area contributed by atoms with Crippen LogP contribution >= 0.6 is 11.6 Å². The van der Waals surface area contributed by atoms with Crippen LogP contribution in [0.25, 0.3) is 0 Å². The fraction of sp³-hybridized carbons (Fsp3) is 0.200. The highest BCUT2D eigenvalue weighted by Crippen LogP contribution is 2.35. The van der Waals surface area contributed by atoms with Gasteiger partial charge < -0.3 is 10.1 Å². The van der Waals surface area contributed by atoms with E-state index in [0.717, 1.165) is 19.1 Å². The normalized spacial score (nSPS) is 9.72. The Morgan fingerprint density at radius 3 is 2.44 bits per heavy atom. The van der Waals surface area contributed by atoms with E-state index in [0.29, 0.717) is 0 Å². The summed E-state index contributed by atoms with van der Waals surface area (Å²) in [5, 5.41) is 13.1. The molecule has 0 unspecified atom stereocenters. The molecule has 0 fully saturated rings. The van der Waals surface area contributed by atoms with Crippen LogP contribution in [0.3, 0.4) is 0 Å². The zero-order chi connectivity index (χ0) is 13.9. The van der Waals surface area contributed by atoms with E-state index >= 15 is 0 Å². The number of benzene rings is 1. The molecule has 0 saturated carbocycles. The molecule has 0 spiro atoms. The second-order valence-electron chi connectivity index (χ2n) is 3.33. The summed E-state index contributed by atoms with van der Waals surface area (Å²) in [4.78, 5) is 31.8.